The van der Waals surface area contributed by atoms with Gasteiger partial charge in [-0.2, -0.15) is 5.26 Å². The Labute approximate surface area is 81.1 Å². The van der Waals surface area contributed by atoms with Crippen molar-refractivity contribution in [3.63, 3.8) is 0 Å². The van der Waals surface area contributed by atoms with E-state index >= 15 is 0 Å². The maximum absolute atomic E-state index is 9.23. The highest BCUT2D eigenvalue weighted by Gasteiger charge is 2.10. The zero-order chi connectivity index (χ0) is 9.84. The van der Waals surface area contributed by atoms with E-state index in [0.29, 0.717) is 11.3 Å². The molecule has 0 spiro atoms. The quantitative estimate of drug-likeness (QED) is 0.790. The molecular weight excluding hydrogens is 190 g/mol. The predicted molar refractivity (Wildman–Crippen MR) is 49.0 cm³/mol. The van der Waals surface area contributed by atoms with Gasteiger partial charge in [0.1, 0.15) is 16.5 Å². The molecule has 0 bridgehead atoms. The second-order valence-electron chi connectivity index (χ2n) is 2.43. The fourth-order valence-corrected chi connectivity index (χ4v) is 1.29. The number of halogens is 1. The molecule has 1 N–H and O–H groups in total. The molecule has 0 aromatic heterocycles. The van der Waals surface area contributed by atoms with Crippen LogP contribution in [0.1, 0.15) is 5.56 Å². The Hall–Kier alpha value is -1.40. The van der Waals surface area contributed by atoms with Crippen LogP contribution < -0.4 is 4.74 Å². The number of nitrogens with zero attached hydrogens (tertiary/aromatic N) is 1. The van der Waals surface area contributed by atoms with Crippen LogP contribution in [0.5, 0.6) is 11.5 Å². The predicted octanol–water partition coefficient (Wildman–Crippen LogP) is 2.12. The van der Waals surface area contributed by atoms with Crippen LogP contribution in [0.3, 0.4) is 0 Å². The molecule has 4 heteroatoms. The summed E-state index contributed by atoms with van der Waals surface area (Å²) in [5.41, 5.74) is 0.674. The number of methoxy groups -OCH3 is 1. The van der Waals surface area contributed by atoms with Crippen LogP contribution in [0.25, 0.3) is 0 Å². The lowest BCUT2D eigenvalue weighted by Gasteiger charge is -2.08. The number of phenols is 1. The molecule has 3 nitrogen and oxygen atoms in total. The molecule has 13 heavy (non-hydrogen) atoms. The molecule has 0 aliphatic rings. The van der Waals surface area contributed by atoms with Crippen molar-refractivity contribution in [2.45, 2.75) is 6.42 Å². The lowest BCUT2D eigenvalue weighted by molar-refractivity contribution is 0.404. The van der Waals surface area contributed by atoms with Crippen molar-refractivity contribution in [1.29, 1.82) is 5.26 Å². The zero-order valence-electron chi connectivity index (χ0n) is 7.04. The normalized spacial score (nSPS) is 9.31. The highest BCUT2D eigenvalue weighted by Crippen LogP contribution is 2.36. The van der Waals surface area contributed by atoms with E-state index in [-0.39, 0.29) is 17.2 Å². The van der Waals surface area contributed by atoms with Gasteiger partial charge in [0.25, 0.3) is 0 Å². The van der Waals surface area contributed by atoms with Crippen LogP contribution in [0.4, 0.5) is 0 Å². The van der Waals surface area contributed by atoms with Gasteiger partial charge in [0.05, 0.1) is 19.6 Å². The molecule has 0 amide bonds. The number of hydrogen-bond acceptors (Lipinski definition) is 3. The van der Waals surface area contributed by atoms with E-state index in [1.165, 1.54) is 13.2 Å². The fraction of sp³-hybridized carbons (Fsp3) is 0.222. The Balaban J connectivity index is 3.23. The summed E-state index contributed by atoms with van der Waals surface area (Å²) in [5.74, 6) is 0.323. The number of phenolic OH excluding ortho intramolecular Hbond substituents is 1. The maximum atomic E-state index is 9.23. The summed E-state index contributed by atoms with van der Waals surface area (Å²) < 4.78 is 4.97. The van der Waals surface area contributed by atoms with Crippen LogP contribution in [-0.4, -0.2) is 12.2 Å². The van der Waals surface area contributed by atoms with Crippen molar-refractivity contribution < 1.29 is 9.84 Å². The van der Waals surface area contributed by atoms with Gasteiger partial charge in [-0.05, 0) is 6.07 Å². The monoisotopic (exact) mass is 197 g/mol. The van der Waals surface area contributed by atoms with Gasteiger partial charge in [-0.1, -0.05) is 17.7 Å². The summed E-state index contributed by atoms with van der Waals surface area (Å²) in [6.45, 7) is 0. The van der Waals surface area contributed by atoms with E-state index in [1.54, 1.807) is 6.07 Å². The van der Waals surface area contributed by atoms with Gasteiger partial charge in [-0.25, -0.2) is 0 Å². The molecule has 0 unspecified atom stereocenters. The molecule has 0 atom stereocenters. The number of rotatable bonds is 2. The van der Waals surface area contributed by atoms with Crippen molar-refractivity contribution in [3.05, 3.63) is 22.7 Å². The molecule has 1 aromatic rings. The lowest BCUT2D eigenvalue weighted by Crippen LogP contribution is -1.91. The SMILES string of the molecule is COc1c(CC#N)ccc(O)c1Cl. The zero-order valence-corrected chi connectivity index (χ0v) is 7.80. The van der Waals surface area contributed by atoms with E-state index in [9.17, 15) is 5.11 Å². The van der Waals surface area contributed by atoms with Gasteiger partial charge in [0.2, 0.25) is 0 Å². The first-order valence-corrected chi connectivity index (χ1v) is 3.99. The molecule has 0 aliphatic carbocycles. The largest absolute Gasteiger partial charge is 0.506 e. The summed E-state index contributed by atoms with van der Waals surface area (Å²) in [5, 5.41) is 17.9. The third kappa shape index (κ3) is 1.85. The average molecular weight is 198 g/mol. The molecule has 0 saturated carbocycles. The number of ether oxygens (including phenoxy) is 1. The summed E-state index contributed by atoms with van der Waals surface area (Å²) in [7, 11) is 1.45. The van der Waals surface area contributed by atoms with Crippen molar-refractivity contribution in [3.8, 4) is 17.6 Å². The molecule has 1 rings (SSSR count). The van der Waals surface area contributed by atoms with Crippen molar-refractivity contribution in [2.24, 2.45) is 0 Å². The van der Waals surface area contributed by atoms with Gasteiger partial charge in [-0.15, -0.1) is 0 Å². The lowest BCUT2D eigenvalue weighted by atomic mass is 10.1. The summed E-state index contributed by atoms with van der Waals surface area (Å²) in [6.07, 6.45) is 0.211. The molecule has 0 heterocycles. The Kier molecular flexibility index (Phi) is 2.99. The van der Waals surface area contributed by atoms with Gasteiger partial charge in [0, 0.05) is 5.56 Å². The first-order valence-electron chi connectivity index (χ1n) is 3.62. The third-order valence-electron chi connectivity index (χ3n) is 1.63. The van der Waals surface area contributed by atoms with E-state index in [1.807, 2.05) is 6.07 Å². The minimum atomic E-state index is -0.0415. The minimum Gasteiger partial charge on any atom is -0.506 e. The molecule has 1 aromatic carbocycles. The average Bonchev–Trinajstić information content (AvgIpc) is 2.12. The maximum Gasteiger partial charge on any atom is 0.145 e. The molecule has 0 aliphatic heterocycles. The van der Waals surface area contributed by atoms with Gasteiger partial charge >= 0.3 is 0 Å². The Morgan fingerprint density at radius 3 is 2.85 bits per heavy atom. The van der Waals surface area contributed by atoms with Crippen molar-refractivity contribution in [1.82, 2.24) is 0 Å². The third-order valence-corrected chi connectivity index (χ3v) is 2.00. The van der Waals surface area contributed by atoms with Crippen LogP contribution in [0, 0.1) is 11.3 Å². The van der Waals surface area contributed by atoms with Crippen molar-refractivity contribution >= 4 is 11.6 Å². The minimum absolute atomic E-state index is 0.0415. The molecule has 0 radical (unpaired) electrons. The van der Waals surface area contributed by atoms with E-state index in [0.717, 1.165) is 0 Å². The fourth-order valence-electron chi connectivity index (χ4n) is 1.03. The van der Waals surface area contributed by atoms with Crippen LogP contribution in [0.15, 0.2) is 12.1 Å². The Morgan fingerprint density at radius 1 is 1.62 bits per heavy atom. The number of benzene rings is 1. The molecular formula is C9H8ClNO2. The van der Waals surface area contributed by atoms with E-state index in [4.69, 9.17) is 21.6 Å². The number of hydrogen-bond donors (Lipinski definition) is 1. The van der Waals surface area contributed by atoms with Gasteiger partial charge < -0.3 is 9.84 Å². The van der Waals surface area contributed by atoms with Gasteiger partial charge in [-0.3, -0.25) is 0 Å². The van der Waals surface area contributed by atoms with Crippen LogP contribution in [-0.2, 0) is 6.42 Å². The second kappa shape index (κ2) is 4.01. The molecule has 68 valence electrons. The smallest absolute Gasteiger partial charge is 0.145 e. The Morgan fingerprint density at radius 2 is 2.31 bits per heavy atom. The summed E-state index contributed by atoms with van der Waals surface area (Å²) >= 11 is 5.75. The first kappa shape index (κ1) is 9.69. The van der Waals surface area contributed by atoms with Crippen LogP contribution in [0.2, 0.25) is 5.02 Å². The molecule has 0 saturated heterocycles. The topological polar surface area (TPSA) is 53.2 Å². The van der Waals surface area contributed by atoms with E-state index < -0.39 is 0 Å². The standard InChI is InChI=1S/C9H8ClNO2/c1-13-9-6(4-5-11)2-3-7(12)8(9)10/h2-3,12H,4H2,1H3. The highest BCUT2D eigenvalue weighted by molar-refractivity contribution is 6.33. The van der Waals surface area contributed by atoms with E-state index in [2.05, 4.69) is 0 Å². The Bertz CT molecular complexity index is 357. The number of aromatic hydroxyl groups is 1. The summed E-state index contributed by atoms with van der Waals surface area (Å²) in [4.78, 5) is 0. The second-order valence-corrected chi connectivity index (χ2v) is 2.80. The highest BCUT2D eigenvalue weighted by atomic mass is 35.5. The first-order chi connectivity index (χ1) is 6.20. The van der Waals surface area contributed by atoms with Gasteiger partial charge in [0.15, 0.2) is 0 Å². The number of nitriles is 1. The van der Waals surface area contributed by atoms with Crippen molar-refractivity contribution in [2.75, 3.05) is 7.11 Å². The van der Waals surface area contributed by atoms with Crippen LogP contribution >= 0.6 is 11.6 Å². The summed E-state index contributed by atoms with van der Waals surface area (Å²) in [6, 6.07) is 5.04. The molecule has 0 fully saturated rings.